The van der Waals surface area contributed by atoms with Crippen LogP contribution < -0.4 is 4.90 Å². The van der Waals surface area contributed by atoms with E-state index in [1.807, 2.05) is 18.2 Å². The van der Waals surface area contributed by atoms with Crippen LogP contribution in [-0.2, 0) is 11.2 Å². The van der Waals surface area contributed by atoms with E-state index in [2.05, 4.69) is 64.4 Å². The SMILES string of the molecule is [C-]#[N+]C(C#N)=C1C=C(C=Cc2ccc3c(c2)CCN3c2ccccc2)OC2(CCCCC2)C1. The Morgan fingerprint density at radius 3 is 2.67 bits per heavy atom. The molecule has 164 valence electrons. The van der Waals surface area contributed by atoms with Crippen LogP contribution in [-0.4, -0.2) is 12.1 Å². The number of nitrogens with zero attached hydrogens (tertiary/aromatic N) is 3. The molecule has 3 aliphatic rings. The lowest BCUT2D eigenvalue weighted by Gasteiger charge is -2.41. The summed E-state index contributed by atoms with van der Waals surface area (Å²) in [5, 5.41) is 9.44. The highest BCUT2D eigenvalue weighted by Gasteiger charge is 2.38. The van der Waals surface area contributed by atoms with Gasteiger partial charge in [-0.15, -0.1) is 0 Å². The van der Waals surface area contributed by atoms with Crippen molar-refractivity contribution >= 4 is 17.5 Å². The third-order valence-electron chi connectivity index (χ3n) is 6.96. The molecule has 1 aliphatic carbocycles. The van der Waals surface area contributed by atoms with Gasteiger partial charge in [0.2, 0.25) is 0 Å². The molecule has 0 N–H and O–H groups in total. The Hall–Kier alpha value is -3.76. The smallest absolute Gasteiger partial charge is 0.265 e. The Labute approximate surface area is 195 Å². The van der Waals surface area contributed by atoms with Crippen molar-refractivity contribution in [1.82, 2.24) is 0 Å². The number of ether oxygens (including phenoxy) is 1. The predicted octanol–water partition coefficient (Wildman–Crippen LogP) is 7.10. The summed E-state index contributed by atoms with van der Waals surface area (Å²) in [6.45, 7) is 8.39. The highest BCUT2D eigenvalue weighted by Crippen LogP contribution is 2.43. The van der Waals surface area contributed by atoms with E-state index in [0.29, 0.717) is 6.42 Å². The van der Waals surface area contributed by atoms with Gasteiger partial charge in [0.25, 0.3) is 5.70 Å². The Morgan fingerprint density at radius 1 is 1.09 bits per heavy atom. The zero-order chi connectivity index (χ0) is 22.7. The number of hydrogen-bond donors (Lipinski definition) is 0. The second-order valence-corrected chi connectivity index (χ2v) is 9.13. The Kier molecular flexibility index (Phi) is 5.76. The van der Waals surface area contributed by atoms with Gasteiger partial charge in [-0.2, -0.15) is 0 Å². The summed E-state index contributed by atoms with van der Waals surface area (Å²) >= 11 is 0. The molecule has 0 radical (unpaired) electrons. The lowest BCUT2D eigenvalue weighted by atomic mass is 9.78. The van der Waals surface area contributed by atoms with E-state index in [0.717, 1.165) is 55.5 Å². The maximum atomic E-state index is 9.44. The molecule has 33 heavy (non-hydrogen) atoms. The van der Waals surface area contributed by atoms with Gasteiger partial charge in [0.1, 0.15) is 11.4 Å². The molecule has 2 aromatic rings. The average Bonchev–Trinajstić information content (AvgIpc) is 3.28. The summed E-state index contributed by atoms with van der Waals surface area (Å²) in [7, 11) is 0. The minimum absolute atomic E-state index is 0.188. The number of nitriles is 1. The monoisotopic (exact) mass is 433 g/mol. The van der Waals surface area contributed by atoms with Gasteiger partial charge in [0.15, 0.2) is 0 Å². The first-order valence-electron chi connectivity index (χ1n) is 11.7. The molecule has 0 aromatic heterocycles. The van der Waals surface area contributed by atoms with Gasteiger partial charge in [-0.1, -0.05) is 36.8 Å². The first kappa shape index (κ1) is 21.1. The van der Waals surface area contributed by atoms with E-state index < -0.39 is 0 Å². The minimum atomic E-state index is -0.275. The second kappa shape index (κ2) is 9.00. The molecule has 1 saturated carbocycles. The molecule has 2 heterocycles. The second-order valence-electron chi connectivity index (χ2n) is 9.13. The lowest BCUT2D eigenvalue weighted by molar-refractivity contribution is -0.0285. The van der Waals surface area contributed by atoms with Crippen molar-refractivity contribution in [3.63, 3.8) is 0 Å². The Bertz CT molecular complexity index is 1200. The van der Waals surface area contributed by atoms with Gasteiger partial charge in [-0.05, 0) is 85.2 Å². The molecule has 2 aromatic carbocycles. The quantitative estimate of drug-likeness (QED) is 0.383. The molecule has 0 atom stereocenters. The first-order chi connectivity index (χ1) is 16.2. The third kappa shape index (κ3) is 4.30. The molecule has 0 bridgehead atoms. The van der Waals surface area contributed by atoms with E-state index >= 15 is 0 Å². The number of para-hydroxylation sites is 1. The van der Waals surface area contributed by atoms with Crippen LogP contribution in [0.4, 0.5) is 11.4 Å². The fourth-order valence-corrected chi connectivity index (χ4v) is 5.34. The topological polar surface area (TPSA) is 40.6 Å². The van der Waals surface area contributed by atoms with E-state index in [-0.39, 0.29) is 11.3 Å². The van der Waals surface area contributed by atoms with Crippen molar-refractivity contribution < 1.29 is 4.74 Å². The number of hydrogen-bond acceptors (Lipinski definition) is 3. The summed E-state index contributed by atoms with van der Waals surface area (Å²) < 4.78 is 6.49. The predicted molar refractivity (Wildman–Crippen MR) is 131 cm³/mol. The third-order valence-corrected chi connectivity index (χ3v) is 6.96. The highest BCUT2D eigenvalue weighted by molar-refractivity contribution is 5.72. The van der Waals surface area contributed by atoms with Crippen LogP contribution in [0.25, 0.3) is 10.9 Å². The van der Waals surface area contributed by atoms with Crippen LogP contribution >= 0.6 is 0 Å². The Balaban J connectivity index is 1.41. The fraction of sp³-hybridized carbons (Fsp3) is 0.310. The first-order valence-corrected chi connectivity index (χ1v) is 11.7. The standard InChI is InChI=1S/C29H27N3O/c1-31-27(21-30)24-19-26(33-29(20-24)15-6-3-7-16-29)12-10-22-11-13-28-23(18-22)14-17-32(28)25-8-4-2-5-9-25/h2,4-5,8-13,18-19H,3,6-7,14-17,20H2. The Morgan fingerprint density at radius 2 is 1.91 bits per heavy atom. The molecule has 4 heteroatoms. The maximum absolute atomic E-state index is 9.44. The number of anilines is 2. The van der Waals surface area contributed by atoms with Gasteiger partial charge in [0.05, 0.1) is 12.6 Å². The number of allylic oxidation sites excluding steroid dienone is 3. The van der Waals surface area contributed by atoms with Crippen LogP contribution in [0.2, 0.25) is 0 Å². The molecule has 1 fully saturated rings. The normalized spacial score (nSPS) is 20.5. The molecule has 0 saturated heterocycles. The van der Waals surface area contributed by atoms with E-state index in [9.17, 15) is 5.26 Å². The van der Waals surface area contributed by atoms with Gasteiger partial charge < -0.3 is 9.64 Å². The minimum Gasteiger partial charge on any atom is -0.487 e. The summed E-state index contributed by atoms with van der Waals surface area (Å²) in [5.41, 5.74) is 5.71. The number of fused-ring (bicyclic) bond motifs is 1. The summed E-state index contributed by atoms with van der Waals surface area (Å²) in [6.07, 6.45) is 13.1. The van der Waals surface area contributed by atoms with Crippen molar-refractivity contribution in [3.05, 3.63) is 100 Å². The molecule has 5 rings (SSSR count). The van der Waals surface area contributed by atoms with Crippen LogP contribution in [0.5, 0.6) is 0 Å². The van der Waals surface area contributed by atoms with Gasteiger partial charge in [-0.3, -0.25) is 0 Å². The van der Waals surface area contributed by atoms with Crippen LogP contribution in [0.3, 0.4) is 0 Å². The van der Waals surface area contributed by atoms with E-state index in [1.54, 1.807) is 0 Å². The average molecular weight is 434 g/mol. The summed E-state index contributed by atoms with van der Waals surface area (Å²) in [4.78, 5) is 5.84. The zero-order valence-corrected chi connectivity index (χ0v) is 18.8. The maximum Gasteiger partial charge on any atom is 0.265 e. The van der Waals surface area contributed by atoms with E-state index in [4.69, 9.17) is 11.3 Å². The van der Waals surface area contributed by atoms with Crippen molar-refractivity contribution in [2.75, 3.05) is 11.4 Å². The number of benzene rings is 2. The van der Waals surface area contributed by atoms with Gasteiger partial charge in [-0.25, -0.2) is 10.1 Å². The largest absolute Gasteiger partial charge is 0.487 e. The van der Waals surface area contributed by atoms with Gasteiger partial charge >= 0.3 is 0 Å². The fourth-order valence-electron chi connectivity index (χ4n) is 5.34. The highest BCUT2D eigenvalue weighted by atomic mass is 16.5. The molecule has 2 aliphatic heterocycles. The van der Waals surface area contributed by atoms with Crippen molar-refractivity contribution in [3.8, 4) is 6.07 Å². The molecule has 0 amide bonds. The molecule has 0 unspecified atom stereocenters. The zero-order valence-electron chi connectivity index (χ0n) is 18.8. The number of rotatable bonds is 3. The van der Waals surface area contributed by atoms with Crippen LogP contribution in [0, 0.1) is 17.9 Å². The van der Waals surface area contributed by atoms with Crippen LogP contribution in [0.1, 0.15) is 49.7 Å². The molecular formula is C29H27N3O. The van der Waals surface area contributed by atoms with E-state index in [1.165, 1.54) is 23.4 Å². The summed E-state index contributed by atoms with van der Waals surface area (Å²) in [5.74, 6) is 0.751. The van der Waals surface area contributed by atoms with Crippen molar-refractivity contribution in [2.24, 2.45) is 0 Å². The molecule has 4 nitrogen and oxygen atoms in total. The molecule has 1 spiro atoms. The van der Waals surface area contributed by atoms with Crippen molar-refractivity contribution in [2.45, 2.75) is 50.5 Å². The summed E-state index contributed by atoms with van der Waals surface area (Å²) in [6, 6.07) is 19.2. The van der Waals surface area contributed by atoms with Gasteiger partial charge in [0, 0.05) is 24.3 Å². The molecular weight excluding hydrogens is 406 g/mol. The lowest BCUT2D eigenvalue weighted by Crippen LogP contribution is -2.37. The van der Waals surface area contributed by atoms with Crippen LogP contribution in [0.15, 0.2) is 77.7 Å². The van der Waals surface area contributed by atoms with Crippen molar-refractivity contribution in [1.29, 1.82) is 5.26 Å².